The van der Waals surface area contributed by atoms with Crippen LogP contribution in [0.5, 0.6) is 0 Å². The molecule has 4 saturated carbocycles. The molecular formula is C31H45FO3. The Morgan fingerprint density at radius 1 is 0.971 bits per heavy atom. The van der Waals surface area contributed by atoms with Gasteiger partial charge in [-0.25, -0.2) is 4.39 Å². The van der Waals surface area contributed by atoms with Crippen molar-refractivity contribution in [3.8, 4) is 0 Å². The summed E-state index contributed by atoms with van der Waals surface area (Å²) in [6, 6.07) is 6.58. The van der Waals surface area contributed by atoms with Gasteiger partial charge in [0.2, 0.25) is 0 Å². The molecule has 0 radical (unpaired) electrons. The van der Waals surface area contributed by atoms with Crippen molar-refractivity contribution in [1.29, 1.82) is 0 Å². The number of hydrogen-bond donors (Lipinski definition) is 2. The van der Waals surface area contributed by atoms with Crippen molar-refractivity contribution in [3.05, 3.63) is 35.6 Å². The average Bonchev–Trinajstić information content (AvgIpc) is 3.19. The maximum Gasteiger partial charge on any atom is 0.164 e. The molecule has 194 valence electrons. The SMILES string of the molecule is CC(CCCC(O)c1ccccc1F)[C@H]1CC[C@H]2[C@@H]3CC[C@H]4C(=O)[C@@H](O)CC[C@]4(C)[C@H]3CC[C@]12C. The highest BCUT2D eigenvalue weighted by atomic mass is 19.1. The first-order valence-corrected chi connectivity index (χ1v) is 14.3. The molecule has 0 aromatic heterocycles. The standard InChI is InChI=1S/C31H45FO3/c1-19(7-6-10-27(33)21-8-4-5-9-26(21)32)22-13-14-23-20-11-12-25-29(35)28(34)16-18-31(25,3)24(20)15-17-30(22,23)2/h4-5,8-9,19-20,22-25,27-28,33-34H,6-7,10-18H2,1-3H3/t19?,20-,22+,23-,24-,25-,27?,28-,30+,31+/m0/s1. The summed E-state index contributed by atoms with van der Waals surface area (Å²) in [5.74, 6) is 3.28. The molecule has 0 bridgehead atoms. The van der Waals surface area contributed by atoms with E-state index in [-0.39, 0.29) is 22.9 Å². The summed E-state index contributed by atoms with van der Waals surface area (Å²) in [6.45, 7) is 7.33. The number of Topliss-reactive ketones (excluding diaryl/α,β-unsaturated/α-hetero) is 1. The van der Waals surface area contributed by atoms with Crippen molar-refractivity contribution in [2.45, 2.75) is 104 Å². The fraction of sp³-hybridized carbons (Fsp3) is 0.774. The number of ketones is 1. The van der Waals surface area contributed by atoms with Crippen molar-refractivity contribution in [1.82, 2.24) is 0 Å². The van der Waals surface area contributed by atoms with Gasteiger partial charge in [-0.3, -0.25) is 4.79 Å². The van der Waals surface area contributed by atoms with Crippen molar-refractivity contribution < 1.29 is 19.4 Å². The van der Waals surface area contributed by atoms with Crippen molar-refractivity contribution in [2.24, 2.45) is 46.3 Å². The first-order valence-electron chi connectivity index (χ1n) is 14.3. The molecule has 0 amide bonds. The average molecular weight is 485 g/mol. The van der Waals surface area contributed by atoms with Crippen LogP contribution in [0.25, 0.3) is 0 Å². The van der Waals surface area contributed by atoms with Crippen LogP contribution in [0.3, 0.4) is 0 Å². The predicted octanol–water partition coefficient (Wildman–Crippen LogP) is 6.86. The van der Waals surface area contributed by atoms with Gasteiger partial charge in [0.05, 0.1) is 6.10 Å². The van der Waals surface area contributed by atoms with E-state index in [1.54, 1.807) is 18.2 Å². The fourth-order valence-electron chi connectivity index (χ4n) is 9.82. The molecule has 2 N–H and O–H groups in total. The lowest BCUT2D eigenvalue weighted by molar-refractivity contribution is -0.160. The van der Waals surface area contributed by atoms with E-state index < -0.39 is 12.2 Å². The molecule has 2 unspecified atom stereocenters. The Hall–Kier alpha value is -1.26. The van der Waals surface area contributed by atoms with E-state index in [2.05, 4.69) is 20.8 Å². The largest absolute Gasteiger partial charge is 0.388 e. The number of fused-ring (bicyclic) bond motifs is 5. The first kappa shape index (κ1) is 25.4. The van der Waals surface area contributed by atoms with E-state index in [0.29, 0.717) is 41.6 Å². The van der Waals surface area contributed by atoms with Crippen molar-refractivity contribution >= 4 is 5.78 Å². The van der Waals surface area contributed by atoms with Gasteiger partial charge in [0.1, 0.15) is 11.9 Å². The number of carbonyl (C=O) groups excluding carboxylic acids is 1. The molecule has 3 nitrogen and oxygen atoms in total. The molecule has 35 heavy (non-hydrogen) atoms. The van der Waals surface area contributed by atoms with Gasteiger partial charge in [0.15, 0.2) is 5.78 Å². The Bertz CT molecular complexity index is 932. The van der Waals surface area contributed by atoms with Crippen LogP contribution < -0.4 is 0 Å². The number of aliphatic hydroxyl groups excluding tert-OH is 2. The highest BCUT2D eigenvalue weighted by Crippen LogP contribution is 2.68. The second-order valence-electron chi connectivity index (χ2n) is 13.1. The Morgan fingerprint density at radius 2 is 1.69 bits per heavy atom. The van der Waals surface area contributed by atoms with Crippen LogP contribution in [-0.2, 0) is 4.79 Å². The van der Waals surface area contributed by atoms with Crippen LogP contribution in [0.15, 0.2) is 24.3 Å². The zero-order valence-corrected chi connectivity index (χ0v) is 21.9. The van der Waals surface area contributed by atoms with Gasteiger partial charge in [0, 0.05) is 11.5 Å². The summed E-state index contributed by atoms with van der Waals surface area (Å²) in [5, 5.41) is 20.7. The van der Waals surface area contributed by atoms with Crippen molar-refractivity contribution in [3.63, 3.8) is 0 Å². The number of carbonyl (C=O) groups is 1. The van der Waals surface area contributed by atoms with Gasteiger partial charge in [-0.15, -0.1) is 0 Å². The lowest BCUT2D eigenvalue weighted by Gasteiger charge is -2.60. The molecule has 10 atom stereocenters. The summed E-state index contributed by atoms with van der Waals surface area (Å²) in [6.07, 6.45) is 10.0. The minimum absolute atomic E-state index is 0.0638. The molecule has 0 aliphatic heterocycles. The number of benzene rings is 1. The molecular weight excluding hydrogens is 439 g/mol. The normalized spacial score (nSPS) is 42.6. The molecule has 0 spiro atoms. The van der Waals surface area contributed by atoms with Crippen molar-refractivity contribution in [2.75, 3.05) is 0 Å². The van der Waals surface area contributed by atoms with Gasteiger partial charge < -0.3 is 10.2 Å². The van der Waals surface area contributed by atoms with Crippen LogP contribution >= 0.6 is 0 Å². The highest BCUT2D eigenvalue weighted by Gasteiger charge is 2.61. The van der Waals surface area contributed by atoms with Crippen LogP contribution in [0.4, 0.5) is 4.39 Å². The number of rotatable bonds is 6. The minimum atomic E-state index is -0.730. The molecule has 4 fully saturated rings. The molecule has 0 heterocycles. The fourth-order valence-corrected chi connectivity index (χ4v) is 9.82. The van der Waals surface area contributed by atoms with Crippen LogP contribution in [0.2, 0.25) is 0 Å². The zero-order valence-electron chi connectivity index (χ0n) is 21.9. The number of aliphatic hydroxyl groups is 2. The maximum absolute atomic E-state index is 14.0. The Labute approximate surface area is 210 Å². The van der Waals surface area contributed by atoms with Gasteiger partial charge in [-0.1, -0.05) is 51.8 Å². The third kappa shape index (κ3) is 4.21. The van der Waals surface area contributed by atoms with E-state index in [4.69, 9.17) is 0 Å². The second-order valence-corrected chi connectivity index (χ2v) is 13.1. The minimum Gasteiger partial charge on any atom is -0.388 e. The van der Waals surface area contributed by atoms with E-state index in [1.807, 2.05) is 0 Å². The van der Waals surface area contributed by atoms with Gasteiger partial charge in [-0.05, 0) is 104 Å². The monoisotopic (exact) mass is 484 g/mol. The highest BCUT2D eigenvalue weighted by molar-refractivity contribution is 5.87. The summed E-state index contributed by atoms with van der Waals surface area (Å²) >= 11 is 0. The second kappa shape index (κ2) is 9.56. The quantitative estimate of drug-likeness (QED) is 0.463. The molecule has 4 aliphatic carbocycles. The smallest absolute Gasteiger partial charge is 0.164 e. The molecule has 4 aliphatic rings. The number of halogens is 1. The van der Waals surface area contributed by atoms with Crippen LogP contribution in [0.1, 0.15) is 103 Å². The van der Waals surface area contributed by atoms with Crippen LogP contribution in [0, 0.1) is 52.2 Å². The summed E-state index contributed by atoms with van der Waals surface area (Å²) in [4.78, 5) is 12.8. The van der Waals surface area contributed by atoms with Gasteiger partial charge in [0.25, 0.3) is 0 Å². The lowest BCUT2D eigenvalue weighted by atomic mass is 9.44. The maximum atomic E-state index is 14.0. The summed E-state index contributed by atoms with van der Waals surface area (Å²) < 4.78 is 14.0. The predicted molar refractivity (Wildman–Crippen MR) is 136 cm³/mol. The third-order valence-corrected chi connectivity index (χ3v) is 11.7. The Kier molecular flexibility index (Phi) is 6.94. The number of hydrogen-bond acceptors (Lipinski definition) is 3. The molecule has 0 saturated heterocycles. The van der Waals surface area contributed by atoms with Gasteiger partial charge >= 0.3 is 0 Å². The molecule has 1 aromatic carbocycles. The van der Waals surface area contributed by atoms with Gasteiger partial charge in [-0.2, -0.15) is 0 Å². The van der Waals surface area contributed by atoms with E-state index in [1.165, 1.54) is 31.7 Å². The third-order valence-electron chi connectivity index (χ3n) is 11.7. The zero-order chi connectivity index (χ0) is 25.0. The Balaban J connectivity index is 1.22. The topological polar surface area (TPSA) is 57.5 Å². The lowest BCUT2D eigenvalue weighted by Crippen LogP contribution is -2.57. The summed E-state index contributed by atoms with van der Waals surface area (Å²) in [7, 11) is 0. The van der Waals surface area contributed by atoms with E-state index in [9.17, 15) is 19.4 Å². The molecule has 4 heteroatoms. The molecule has 5 rings (SSSR count). The molecule has 1 aromatic rings. The van der Waals surface area contributed by atoms with Crippen LogP contribution in [-0.4, -0.2) is 22.1 Å². The summed E-state index contributed by atoms with van der Waals surface area (Å²) in [5.41, 5.74) is 0.864. The van der Waals surface area contributed by atoms with E-state index >= 15 is 0 Å². The van der Waals surface area contributed by atoms with E-state index in [0.717, 1.165) is 43.9 Å². The Morgan fingerprint density at radius 3 is 2.46 bits per heavy atom. The first-order chi connectivity index (χ1) is 16.7.